The Labute approximate surface area is 285 Å². The molecule has 0 aromatic heterocycles. The summed E-state index contributed by atoms with van der Waals surface area (Å²) in [5, 5.41) is 8.75. The molecule has 18 heteroatoms. The molecule has 0 saturated carbocycles. The molecule has 0 aliphatic carbocycles. The van der Waals surface area contributed by atoms with Crippen LogP contribution in [-0.4, -0.2) is 66.7 Å². The van der Waals surface area contributed by atoms with Crippen LogP contribution in [0.2, 0.25) is 0 Å². The topological polar surface area (TPSA) is 137 Å². The van der Waals surface area contributed by atoms with Gasteiger partial charge in [0.15, 0.2) is 17.6 Å². The van der Waals surface area contributed by atoms with Crippen molar-refractivity contribution in [2.75, 3.05) is 30.8 Å². The maximum atomic E-state index is 14.0. The second-order valence-corrected chi connectivity index (χ2v) is 12.6. The molecule has 1 fully saturated rings. The molecule has 1 saturated heterocycles. The number of alkyl halides is 5. The van der Waals surface area contributed by atoms with Gasteiger partial charge in [0.2, 0.25) is 0 Å². The highest BCUT2D eigenvalue weighted by Gasteiger charge is 2.46. The van der Waals surface area contributed by atoms with Gasteiger partial charge >= 0.3 is 18.6 Å². The maximum absolute atomic E-state index is 14.0. The lowest BCUT2D eigenvalue weighted by Gasteiger charge is -2.24. The van der Waals surface area contributed by atoms with Gasteiger partial charge in [0.25, 0.3) is 11.8 Å². The summed E-state index contributed by atoms with van der Waals surface area (Å²) in [6.07, 6.45) is -10.2. The number of ether oxygens (including phenoxy) is 4. The maximum Gasteiger partial charge on any atom is 0.586 e. The van der Waals surface area contributed by atoms with Crippen molar-refractivity contribution in [2.45, 2.75) is 44.9 Å². The molecule has 51 heavy (non-hydrogen) atoms. The van der Waals surface area contributed by atoms with E-state index in [0.717, 1.165) is 18.2 Å². The number of likely N-dealkylation sites (tertiary alicyclic amines) is 1. The van der Waals surface area contributed by atoms with E-state index in [1.807, 2.05) is 0 Å². The normalized spacial score (nSPS) is 18.8. The molecule has 0 spiro atoms. The van der Waals surface area contributed by atoms with Crippen LogP contribution in [0, 0.1) is 11.7 Å². The number of carbonyl (C=O) groups is 3. The first-order valence-corrected chi connectivity index (χ1v) is 15.2. The Morgan fingerprint density at radius 1 is 0.922 bits per heavy atom. The van der Waals surface area contributed by atoms with Crippen molar-refractivity contribution in [1.29, 1.82) is 0 Å². The third-order valence-electron chi connectivity index (χ3n) is 7.86. The average Bonchev–Trinajstić information content (AvgIpc) is 3.71. The van der Waals surface area contributed by atoms with Crippen molar-refractivity contribution < 1.29 is 64.5 Å². The molecule has 6 rings (SSSR count). The van der Waals surface area contributed by atoms with Gasteiger partial charge in [-0.3, -0.25) is 9.59 Å². The quantitative estimate of drug-likeness (QED) is 0.270. The monoisotopic (exact) mass is 722 g/mol. The summed E-state index contributed by atoms with van der Waals surface area (Å²) in [7, 11) is 1.28. The van der Waals surface area contributed by atoms with Gasteiger partial charge in [0.1, 0.15) is 17.2 Å². The zero-order chi connectivity index (χ0) is 37.0. The van der Waals surface area contributed by atoms with Gasteiger partial charge in [-0.2, -0.15) is 13.2 Å². The van der Waals surface area contributed by atoms with Crippen LogP contribution >= 0.6 is 0 Å². The summed E-state index contributed by atoms with van der Waals surface area (Å²) in [6, 6.07) is 7.83. The van der Waals surface area contributed by atoms with Crippen molar-refractivity contribution in [1.82, 2.24) is 4.90 Å². The minimum Gasteiger partial charge on any atom is -0.496 e. The number of nitrogens with zero attached hydrogens (tertiary/aromatic N) is 2. The molecule has 3 aliphatic heterocycles. The lowest BCUT2D eigenvalue weighted by atomic mass is 9.93. The fraction of sp³-hybridized carbons (Fsp3) is 0.333. The molecule has 12 nitrogen and oxygen atoms in total. The molecule has 0 radical (unpaired) electrons. The Bertz CT molecular complexity index is 1960. The largest absolute Gasteiger partial charge is 0.586 e. The van der Waals surface area contributed by atoms with Crippen LogP contribution in [-0.2, 0) is 15.8 Å². The molecule has 2 atom stereocenters. The van der Waals surface area contributed by atoms with Crippen LogP contribution in [0.3, 0.4) is 0 Å². The fourth-order valence-corrected chi connectivity index (χ4v) is 5.62. The highest BCUT2D eigenvalue weighted by Crippen LogP contribution is 2.44. The molecule has 3 aliphatic rings. The van der Waals surface area contributed by atoms with Crippen molar-refractivity contribution in [3.63, 3.8) is 0 Å². The Hall–Kier alpha value is -5.68. The van der Waals surface area contributed by atoms with Crippen molar-refractivity contribution >= 4 is 35.0 Å². The first-order valence-electron chi connectivity index (χ1n) is 15.2. The molecule has 2 unspecified atom stereocenters. The van der Waals surface area contributed by atoms with E-state index in [-0.39, 0.29) is 30.3 Å². The minimum absolute atomic E-state index is 0.0541. The zero-order valence-corrected chi connectivity index (χ0v) is 27.1. The summed E-state index contributed by atoms with van der Waals surface area (Å²) in [5.74, 6) is -5.17. The third-order valence-corrected chi connectivity index (χ3v) is 7.86. The summed E-state index contributed by atoms with van der Waals surface area (Å²) >= 11 is 0. The predicted octanol–water partition coefficient (Wildman–Crippen LogP) is 6.65. The molecule has 270 valence electrons. The minimum atomic E-state index is -5.09. The van der Waals surface area contributed by atoms with Gasteiger partial charge in [0, 0.05) is 23.9 Å². The van der Waals surface area contributed by atoms with Gasteiger partial charge in [-0.25, -0.2) is 9.18 Å². The summed E-state index contributed by atoms with van der Waals surface area (Å²) in [6.45, 7) is 5.64. The number of nitrogens with one attached hydrogen (secondary N) is 2. The number of benzene rings is 3. The highest BCUT2D eigenvalue weighted by molar-refractivity contribution is 6.14. The van der Waals surface area contributed by atoms with Crippen LogP contribution in [0.4, 0.5) is 42.5 Å². The summed E-state index contributed by atoms with van der Waals surface area (Å²) in [4.78, 5) is 46.9. The highest BCUT2D eigenvalue weighted by atomic mass is 19.4. The first kappa shape index (κ1) is 35.2. The predicted molar refractivity (Wildman–Crippen MR) is 166 cm³/mol. The van der Waals surface area contributed by atoms with E-state index in [0.29, 0.717) is 23.4 Å². The Kier molecular flexibility index (Phi) is 8.67. The smallest absolute Gasteiger partial charge is 0.496 e. The van der Waals surface area contributed by atoms with E-state index in [2.05, 4.69) is 25.3 Å². The second kappa shape index (κ2) is 12.6. The Balaban J connectivity index is 1.28. The molecular weight excluding hydrogens is 694 g/mol. The molecular formula is C33H28F6N4O8. The van der Waals surface area contributed by atoms with Crippen LogP contribution in [0.15, 0.2) is 53.7 Å². The number of methoxy groups -OCH3 is 1. The molecule has 3 heterocycles. The van der Waals surface area contributed by atoms with Crippen molar-refractivity contribution in [3.8, 4) is 17.2 Å². The van der Waals surface area contributed by atoms with E-state index in [4.69, 9.17) is 14.3 Å². The second-order valence-electron chi connectivity index (χ2n) is 12.6. The number of fused-ring (bicyclic) bond motifs is 2. The standard InChI is InChI=1S/C33H28F6N4O8/c1-31(2,3)50-30(46)43-13-19-26(14-43)51-42-27(19)15-5-8-23(47-4)18(9-15)29(45)41-22-12-25-24(48-33(38,39)49-25)11-17(22)28(44)40-16-6-7-21(34)20(10-16)32(35,36)37/h5-12,19,26H,13-14H2,1-4H3,(H,40,44)(H,41,45). The molecule has 3 amide bonds. The van der Waals surface area contributed by atoms with E-state index in [9.17, 15) is 40.7 Å². The third kappa shape index (κ3) is 7.29. The van der Waals surface area contributed by atoms with E-state index < -0.39 is 81.9 Å². The number of hydrogen-bond donors (Lipinski definition) is 2. The first-order chi connectivity index (χ1) is 23.8. The van der Waals surface area contributed by atoms with E-state index >= 15 is 0 Å². The molecule has 2 N–H and O–H groups in total. The number of rotatable bonds is 6. The Morgan fingerprint density at radius 3 is 2.27 bits per heavy atom. The fourth-order valence-electron chi connectivity index (χ4n) is 5.62. The zero-order valence-electron chi connectivity index (χ0n) is 27.1. The van der Waals surface area contributed by atoms with Gasteiger partial charge in [-0.1, -0.05) is 5.16 Å². The van der Waals surface area contributed by atoms with Crippen LogP contribution in [0.5, 0.6) is 17.2 Å². The summed E-state index contributed by atoms with van der Waals surface area (Å²) in [5.41, 5.74) is -3.07. The molecule has 3 aromatic carbocycles. The summed E-state index contributed by atoms with van der Waals surface area (Å²) < 4.78 is 101. The van der Waals surface area contributed by atoms with Gasteiger partial charge in [0.05, 0.1) is 47.7 Å². The number of anilines is 2. The number of halogens is 6. The van der Waals surface area contributed by atoms with Crippen LogP contribution in [0.25, 0.3) is 0 Å². The number of amides is 3. The molecule has 0 bridgehead atoms. The number of hydrogen-bond acceptors (Lipinski definition) is 9. The van der Waals surface area contributed by atoms with Crippen LogP contribution < -0.4 is 24.8 Å². The lowest BCUT2D eigenvalue weighted by molar-refractivity contribution is -0.286. The SMILES string of the molecule is COc1ccc(C2=NOC3CN(C(=O)OC(C)(C)C)CC23)cc1C(=O)Nc1cc2c(cc1C(=O)Nc1ccc(F)c(C(F)(F)F)c1)OC(F)(F)O2. The van der Waals surface area contributed by atoms with Gasteiger partial charge in [-0.05, 0) is 63.2 Å². The average molecular weight is 723 g/mol. The molecule has 3 aromatic rings. The number of carbonyl (C=O) groups excluding carboxylic acids is 3. The van der Waals surface area contributed by atoms with Gasteiger partial charge < -0.3 is 39.3 Å². The van der Waals surface area contributed by atoms with E-state index in [1.165, 1.54) is 24.1 Å². The van der Waals surface area contributed by atoms with Crippen molar-refractivity contribution in [3.05, 3.63) is 76.6 Å². The van der Waals surface area contributed by atoms with E-state index in [1.54, 1.807) is 26.8 Å². The van der Waals surface area contributed by atoms with Crippen molar-refractivity contribution in [2.24, 2.45) is 11.1 Å². The van der Waals surface area contributed by atoms with Gasteiger partial charge in [-0.15, -0.1) is 8.78 Å². The Morgan fingerprint density at radius 2 is 1.61 bits per heavy atom. The lowest BCUT2D eigenvalue weighted by Crippen LogP contribution is -2.36. The van der Waals surface area contributed by atoms with Crippen LogP contribution in [0.1, 0.15) is 52.6 Å². The number of oxime groups is 1.